The lowest BCUT2D eigenvalue weighted by Crippen LogP contribution is -2.54. The molecule has 3 nitrogen and oxygen atoms in total. The van der Waals surface area contributed by atoms with Crippen LogP contribution in [0.1, 0.15) is 33.6 Å². The van der Waals surface area contributed by atoms with Gasteiger partial charge in [0.2, 0.25) is 0 Å². The third-order valence-corrected chi connectivity index (χ3v) is 2.86. The van der Waals surface area contributed by atoms with Crippen molar-refractivity contribution in [2.45, 2.75) is 39.2 Å². The summed E-state index contributed by atoms with van der Waals surface area (Å²) >= 11 is 0. The van der Waals surface area contributed by atoms with E-state index in [1.165, 1.54) is 0 Å². The molecule has 0 amide bonds. The summed E-state index contributed by atoms with van der Waals surface area (Å²) in [5, 5.41) is 3.67. The molecule has 1 fully saturated rings. The predicted molar refractivity (Wildman–Crippen MR) is 62.1 cm³/mol. The van der Waals surface area contributed by atoms with Crippen LogP contribution in [0.4, 0.5) is 0 Å². The Bertz CT molecular complexity index is 175. The van der Waals surface area contributed by atoms with Crippen LogP contribution in [-0.2, 0) is 9.47 Å². The molecule has 1 rings (SSSR count). The molecule has 0 saturated carbocycles. The van der Waals surface area contributed by atoms with Gasteiger partial charge in [0, 0.05) is 32.4 Å². The normalized spacial score (nSPS) is 21.6. The van der Waals surface area contributed by atoms with Gasteiger partial charge in [-0.15, -0.1) is 0 Å². The standard InChI is InChI=1S/C12H25NO2/c1-11(2,3)9-13-12(10-14-4)5-7-15-8-6-12/h13H,5-10H2,1-4H3. The number of hydrogen-bond acceptors (Lipinski definition) is 3. The summed E-state index contributed by atoms with van der Waals surface area (Å²) in [6, 6.07) is 0. The Morgan fingerprint density at radius 1 is 1.27 bits per heavy atom. The summed E-state index contributed by atoms with van der Waals surface area (Å²) in [5.74, 6) is 0. The smallest absolute Gasteiger partial charge is 0.0646 e. The zero-order chi connectivity index (χ0) is 11.4. The van der Waals surface area contributed by atoms with Crippen LogP contribution in [0.25, 0.3) is 0 Å². The summed E-state index contributed by atoms with van der Waals surface area (Å²) in [7, 11) is 1.77. The van der Waals surface area contributed by atoms with Crippen LogP contribution in [0, 0.1) is 5.41 Å². The van der Waals surface area contributed by atoms with E-state index in [1.54, 1.807) is 7.11 Å². The van der Waals surface area contributed by atoms with Crippen molar-refractivity contribution >= 4 is 0 Å². The molecule has 0 aromatic heterocycles. The Morgan fingerprint density at radius 3 is 2.33 bits per heavy atom. The van der Waals surface area contributed by atoms with Crippen LogP contribution in [0.5, 0.6) is 0 Å². The highest BCUT2D eigenvalue weighted by Gasteiger charge is 2.33. The fraction of sp³-hybridized carbons (Fsp3) is 1.00. The van der Waals surface area contributed by atoms with Crippen molar-refractivity contribution in [2.24, 2.45) is 5.41 Å². The zero-order valence-corrected chi connectivity index (χ0v) is 10.6. The van der Waals surface area contributed by atoms with Gasteiger partial charge in [-0.1, -0.05) is 20.8 Å². The van der Waals surface area contributed by atoms with Gasteiger partial charge in [-0.2, -0.15) is 0 Å². The van der Waals surface area contributed by atoms with Gasteiger partial charge in [-0.3, -0.25) is 0 Å². The minimum atomic E-state index is 0.139. The molecule has 15 heavy (non-hydrogen) atoms. The highest BCUT2D eigenvalue weighted by Crippen LogP contribution is 2.23. The van der Waals surface area contributed by atoms with Crippen LogP contribution in [0.3, 0.4) is 0 Å². The molecule has 0 radical (unpaired) electrons. The molecular weight excluding hydrogens is 190 g/mol. The second kappa shape index (κ2) is 5.28. The molecule has 3 heteroatoms. The Hall–Kier alpha value is -0.120. The number of ether oxygens (including phenoxy) is 2. The second-order valence-corrected chi connectivity index (χ2v) is 5.74. The van der Waals surface area contributed by atoms with Crippen molar-refractivity contribution < 1.29 is 9.47 Å². The fourth-order valence-corrected chi connectivity index (χ4v) is 1.86. The molecule has 0 aliphatic carbocycles. The van der Waals surface area contributed by atoms with Crippen molar-refractivity contribution in [1.29, 1.82) is 0 Å². The van der Waals surface area contributed by atoms with E-state index in [0.29, 0.717) is 5.41 Å². The van der Waals surface area contributed by atoms with E-state index in [1.807, 2.05) is 0 Å². The quantitative estimate of drug-likeness (QED) is 0.776. The van der Waals surface area contributed by atoms with Crippen molar-refractivity contribution in [3.63, 3.8) is 0 Å². The maximum atomic E-state index is 5.41. The van der Waals surface area contributed by atoms with Crippen LogP contribution in [0.2, 0.25) is 0 Å². The minimum Gasteiger partial charge on any atom is -0.383 e. The van der Waals surface area contributed by atoms with E-state index in [0.717, 1.165) is 39.2 Å². The average Bonchev–Trinajstić information content (AvgIpc) is 2.16. The molecule has 0 aromatic carbocycles. The van der Waals surface area contributed by atoms with Crippen LogP contribution < -0.4 is 5.32 Å². The van der Waals surface area contributed by atoms with Gasteiger partial charge in [0.1, 0.15) is 0 Å². The Balaban J connectivity index is 2.48. The lowest BCUT2D eigenvalue weighted by Gasteiger charge is -2.39. The number of hydrogen-bond donors (Lipinski definition) is 1. The predicted octanol–water partition coefficient (Wildman–Crippen LogP) is 1.82. The van der Waals surface area contributed by atoms with E-state index in [-0.39, 0.29) is 5.54 Å². The van der Waals surface area contributed by atoms with Gasteiger partial charge in [0.25, 0.3) is 0 Å². The topological polar surface area (TPSA) is 30.5 Å². The number of rotatable bonds is 4. The molecule has 1 N–H and O–H groups in total. The first-order valence-corrected chi connectivity index (χ1v) is 5.79. The summed E-state index contributed by atoms with van der Waals surface area (Å²) in [6.07, 6.45) is 2.10. The molecule has 1 aliphatic heterocycles. The lowest BCUT2D eigenvalue weighted by atomic mass is 9.88. The van der Waals surface area contributed by atoms with Gasteiger partial charge in [0.05, 0.1) is 6.61 Å². The molecule has 1 aliphatic rings. The van der Waals surface area contributed by atoms with Gasteiger partial charge in [-0.25, -0.2) is 0 Å². The molecule has 0 atom stereocenters. The largest absolute Gasteiger partial charge is 0.383 e. The van der Waals surface area contributed by atoms with Crippen LogP contribution in [-0.4, -0.2) is 39.0 Å². The van der Waals surface area contributed by atoms with Crippen molar-refractivity contribution in [2.75, 3.05) is 33.5 Å². The Kier molecular flexibility index (Phi) is 4.56. The van der Waals surface area contributed by atoms with E-state index in [4.69, 9.17) is 9.47 Å². The average molecular weight is 215 g/mol. The monoisotopic (exact) mass is 215 g/mol. The first-order chi connectivity index (χ1) is 6.97. The number of nitrogens with one attached hydrogen (secondary N) is 1. The SMILES string of the molecule is COCC1(NCC(C)(C)C)CCOCC1. The zero-order valence-electron chi connectivity index (χ0n) is 10.6. The third-order valence-electron chi connectivity index (χ3n) is 2.86. The highest BCUT2D eigenvalue weighted by atomic mass is 16.5. The second-order valence-electron chi connectivity index (χ2n) is 5.74. The van der Waals surface area contributed by atoms with Crippen LogP contribution in [0.15, 0.2) is 0 Å². The molecule has 0 spiro atoms. The van der Waals surface area contributed by atoms with Crippen molar-refractivity contribution in [3.05, 3.63) is 0 Å². The van der Waals surface area contributed by atoms with E-state index in [9.17, 15) is 0 Å². The molecule has 90 valence electrons. The van der Waals surface area contributed by atoms with Crippen molar-refractivity contribution in [1.82, 2.24) is 5.32 Å². The van der Waals surface area contributed by atoms with Gasteiger partial charge in [0.15, 0.2) is 0 Å². The van der Waals surface area contributed by atoms with Gasteiger partial charge in [-0.05, 0) is 18.3 Å². The summed E-state index contributed by atoms with van der Waals surface area (Å²) in [5.41, 5.74) is 0.458. The maximum absolute atomic E-state index is 5.41. The summed E-state index contributed by atoms with van der Waals surface area (Å²) < 4.78 is 10.7. The first kappa shape index (κ1) is 12.9. The first-order valence-electron chi connectivity index (χ1n) is 5.79. The molecule has 1 heterocycles. The molecule has 0 aromatic rings. The maximum Gasteiger partial charge on any atom is 0.0646 e. The fourth-order valence-electron chi connectivity index (χ4n) is 1.86. The van der Waals surface area contributed by atoms with Gasteiger partial charge < -0.3 is 14.8 Å². The lowest BCUT2D eigenvalue weighted by molar-refractivity contribution is -0.00270. The summed E-state index contributed by atoms with van der Waals surface area (Å²) in [4.78, 5) is 0. The van der Waals surface area contributed by atoms with Gasteiger partial charge >= 0.3 is 0 Å². The number of methoxy groups -OCH3 is 1. The van der Waals surface area contributed by atoms with Crippen LogP contribution >= 0.6 is 0 Å². The highest BCUT2D eigenvalue weighted by molar-refractivity contribution is 4.91. The Morgan fingerprint density at radius 2 is 1.87 bits per heavy atom. The molecular formula is C12H25NO2. The molecule has 1 saturated heterocycles. The third kappa shape index (κ3) is 4.49. The van der Waals surface area contributed by atoms with E-state index >= 15 is 0 Å². The van der Waals surface area contributed by atoms with Crippen molar-refractivity contribution in [3.8, 4) is 0 Å². The van der Waals surface area contributed by atoms with E-state index < -0.39 is 0 Å². The summed E-state index contributed by atoms with van der Waals surface area (Å²) in [6.45, 7) is 10.3. The minimum absolute atomic E-state index is 0.139. The molecule has 0 unspecified atom stereocenters. The molecule has 0 bridgehead atoms. The van der Waals surface area contributed by atoms with E-state index in [2.05, 4.69) is 26.1 Å². The Labute approximate surface area is 93.5 Å².